The van der Waals surface area contributed by atoms with E-state index in [0.717, 1.165) is 11.1 Å². The zero-order chi connectivity index (χ0) is 19.9. The molecule has 1 atom stereocenters. The van der Waals surface area contributed by atoms with Crippen molar-refractivity contribution in [3.05, 3.63) is 59.7 Å². The standard InChI is InChI=1S/C20H27NO5S/c1-4-20(15-22)27(23,24)21(13-16-5-9-18(25-2)10-6-16)14-17-7-11-19(26-3)12-8-17/h5-12,20,22H,4,13-15H2,1-3H3/t20-/m0/s1. The summed E-state index contributed by atoms with van der Waals surface area (Å²) in [5, 5.41) is 8.72. The van der Waals surface area contributed by atoms with E-state index in [0.29, 0.717) is 17.9 Å². The second-order valence-electron chi connectivity index (χ2n) is 6.22. The van der Waals surface area contributed by atoms with Crippen LogP contribution in [0.3, 0.4) is 0 Å². The molecule has 0 saturated heterocycles. The lowest BCUT2D eigenvalue weighted by Gasteiger charge is -2.26. The van der Waals surface area contributed by atoms with Crippen LogP contribution in [0.25, 0.3) is 0 Å². The third kappa shape index (κ3) is 5.45. The molecule has 2 rings (SSSR count). The molecule has 0 fully saturated rings. The van der Waals surface area contributed by atoms with Gasteiger partial charge < -0.3 is 14.6 Å². The SMILES string of the molecule is CC[C@@H](CO)S(=O)(=O)N(Cc1ccc(OC)cc1)Cc1ccc(OC)cc1. The van der Waals surface area contributed by atoms with Crippen LogP contribution in [0.4, 0.5) is 0 Å². The van der Waals surface area contributed by atoms with Crippen molar-refractivity contribution in [2.24, 2.45) is 0 Å². The van der Waals surface area contributed by atoms with Crippen LogP contribution in [-0.2, 0) is 23.1 Å². The van der Waals surface area contributed by atoms with E-state index in [1.807, 2.05) is 24.3 Å². The number of rotatable bonds is 10. The Balaban J connectivity index is 2.31. The summed E-state index contributed by atoms with van der Waals surface area (Å²) in [6, 6.07) is 14.6. The maximum absolute atomic E-state index is 13.1. The van der Waals surface area contributed by atoms with Gasteiger partial charge in [-0.1, -0.05) is 31.2 Å². The lowest BCUT2D eigenvalue weighted by atomic mass is 10.2. The lowest BCUT2D eigenvalue weighted by Crippen LogP contribution is -2.39. The largest absolute Gasteiger partial charge is 0.497 e. The van der Waals surface area contributed by atoms with Crippen LogP contribution in [0.2, 0.25) is 0 Å². The minimum absolute atomic E-state index is 0.217. The van der Waals surface area contributed by atoms with Crippen LogP contribution >= 0.6 is 0 Å². The second kappa shape index (κ2) is 9.73. The fraction of sp³-hybridized carbons (Fsp3) is 0.400. The Hall–Kier alpha value is -2.09. The summed E-state index contributed by atoms with van der Waals surface area (Å²) in [6.07, 6.45) is 0.348. The van der Waals surface area contributed by atoms with Crippen LogP contribution in [-0.4, -0.2) is 43.9 Å². The Kier molecular flexibility index (Phi) is 7.65. The predicted molar refractivity (Wildman–Crippen MR) is 105 cm³/mol. The van der Waals surface area contributed by atoms with Crippen molar-refractivity contribution in [1.29, 1.82) is 0 Å². The molecule has 0 unspecified atom stereocenters. The number of methoxy groups -OCH3 is 2. The van der Waals surface area contributed by atoms with Crippen LogP contribution in [0, 0.1) is 0 Å². The Bertz CT molecular complexity index is 750. The van der Waals surface area contributed by atoms with Gasteiger partial charge >= 0.3 is 0 Å². The van der Waals surface area contributed by atoms with E-state index in [-0.39, 0.29) is 13.1 Å². The number of nitrogens with zero attached hydrogens (tertiary/aromatic N) is 1. The molecule has 0 aliphatic rings. The molecular weight excluding hydrogens is 366 g/mol. The third-order valence-corrected chi connectivity index (χ3v) is 6.78. The molecule has 0 spiro atoms. The van der Waals surface area contributed by atoms with E-state index >= 15 is 0 Å². The Morgan fingerprint density at radius 3 is 1.59 bits per heavy atom. The van der Waals surface area contributed by atoms with Crippen LogP contribution in [0.5, 0.6) is 11.5 Å². The van der Waals surface area contributed by atoms with Gasteiger partial charge in [-0.3, -0.25) is 0 Å². The van der Waals surface area contributed by atoms with Crippen molar-refractivity contribution in [3.8, 4) is 11.5 Å². The van der Waals surface area contributed by atoms with E-state index < -0.39 is 21.9 Å². The number of benzene rings is 2. The van der Waals surface area contributed by atoms with Gasteiger partial charge in [0.05, 0.1) is 26.1 Å². The van der Waals surface area contributed by atoms with Gasteiger partial charge in [0.2, 0.25) is 10.0 Å². The summed E-state index contributed by atoms with van der Waals surface area (Å²) in [6.45, 7) is 1.79. The minimum atomic E-state index is -3.67. The summed E-state index contributed by atoms with van der Waals surface area (Å²) in [4.78, 5) is 0. The minimum Gasteiger partial charge on any atom is -0.497 e. The number of sulfonamides is 1. The summed E-state index contributed by atoms with van der Waals surface area (Å²) in [7, 11) is -0.499. The van der Waals surface area contributed by atoms with Gasteiger partial charge in [0.15, 0.2) is 0 Å². The van der Waals surface area contributed by atoms with Gasteiger partial charge in [-0.2, -0.15) is 4.31 Å². The maximum atomic E-state index is 13.1. The van der Waals surface area contributed by atoms with Crippen LogP contribution < -0.4 is 9.47 Å². The van der Waals surface area contributed by atoms with Crippen molar-refractivity contribution >= 4 is 10.0 Å². The van der Waals surface area contributed by atoms with Crippen molar-refractivity contribution in [2.45, 2.75) is 31.7 Å². The third-order valence-electron chi connectivity index (χ3n) is 4.48. The molecule has 0 aliphatic heterocycles. The first-order valence-electron chi connectivity index (χ1n) is 8.80. The van der Waals surface area contributed by atoms with Crippen LogP contribution in [0.1, 0.15) is 24.5 Å². The van der Waals surface area contributed by atoms with Gasteiger partial charge in [0.25, 0.3) is 0 Å². The number of aliphatic hydroxyl groups is 1. The van der Waals surface area contributed by atoms with Gasteiger partial charge in [0, 0.05) is 13.1 Å². The molecule has 1 N–H and O–H groups in total. The van der Waals surface area contributed by atoms with E-state index in [1.165, 1.54) is 4.31 Å². The molecule has 2 aromatic rings. The molecule has 6 nitrogen and oxygen atoms in total. The average Bonchev–Trinajstić information content (AvgIpc) is 2.69. The van der Waals surface area contributed by atoms with Crippen molar-refractivity contribution in [1.82, 2.24) is 4.31 Å². The first-order valence-corrected chi connectivity index (χ1v) is 10.3. The molecule has 0 saturated carbocycles. The Morgan fingerprint density at radius 1 is 0.889 bits per heavy atom. The fourth-order valence-electron chi connectivity index (χ4n) is 2.75. The van der Waals surface area contributed by atoms with E-state index in [4.69, 9.17) is 9.47 Å². The highest BCUT2D eigenvalue weighted by Gasteiger charge is 2.30. The zero-order valence-corrected chi connectivity index (χ0v) is 16.8. The number of aliphatic hydroxyl groups excluding tert-OH is 1. The van der Waals surface area contributed by atoms with Gasteiger partial charge in [-0.25, -0.2) is 8.42 Å². The normalized spacial score (nSPS) is 12.8. The van der Waals surface area contributed by atoms with Crippen molar-refractivity contribution < 1.29 is 23.0 Å². The average molecular weight is 394 g/mol. The monoisotopic (exact) mass is 393 g/mol. The molecule has 27 heavy (non-hydrogen) atoms. The number of hydrogen-bond acceptors (Lipinski definition) is 5. The lowest BCUT2D eigenvalue weighted by molar-refractivity contribution is 0.279. The fourth-order valence-corrected chi connectivity index (χ4v) is 4.44. The van der Waals surface area contributed by atoms with E-state index in [1.54, 1.807) is 45.4 Å². The molecule has 0 radical (unpaired) electrons. The highest BCUT2D eigenvalue weighted by atomic mass is 32.2. The topological polar surface area (TPSA) is 76.1 Å². The van der Waals surface area contributed by atoms with Crippen LogP contribution in [0.15, 0.2) is 48.5 Å². The molecule has 0 bridgehead atoms. The first-order chi connectivity index (χ1) is 12.9. The van der Waals surface area contributed by atoms with E-state index in [2.05, 4.69) is 0 Å². The highest BCUT2D eigenvalue weighted by molar-refractivity contribution is 7.89. The first kappa shape index (κ1) is 21.2. The summed E-state index contributed by atoms with van der Waals surface area (Å²) in [5.41, 5.74) is 1.70. The molecule has 7 heteroatoms. The Morgan fingerprint density at radius 2 is 1.30 bits per heavy atom. The molecule has 2 aromatic carbocycles. The molecule has 0 aliphatic carbocycles. The van der Waals surface area contributed by atoms with Gasteiger partial charge in [0.1, 0.15) is 11.5 Å². The van der Waals surface area contributed by atoms with Crippen molar-refractivity contribution in [2.75, 3.05) is 20.8 Å². The Labute approximate surface area is 161 Å². The molecule has 0 amide bonds. The second-order valence-corrected chi connectivity index (χ2v) is 8.43. The molecule has 0 aromatic heterocycles. The number of ether oxygens (including phenoxy) is 2. The predicted octanol–water partition coefficient (Wildman–Crippen LogP) is 2.81. The van der Waals surface area contributed by atoms with Gasteiger partial charge in [-0.05, 0) is 41.8 Å². The molecule has 0 heterocycles. The zero-order valence-electron chi connectivity index (χ0n) is 16.0. The van der Waals surface area contributed by atoms with Gasteiger partial charge in [-0.15, -0.1) is 0 Å². The highest BCUT2D eigenvalue weighted by Crippen LogP contribution is 2.22. The van der Waals surface area contributed by atoms with Crippen molar-refractivity contribution in [3.63, 3.8) is 0 Å². The summed E-state index contributed by atoms with van der Waals surface area (Å²) >= 11 is 0. The quantitative estimate of drug-likeness (QED) is 0.672. The summed E-state index contributed by atoms with van der Waals surface area (Å²) in [5.74, 6) is 1.43. The number of hydrogen-bond donors (Lipinski definition) is 1. The van der Waals surface area contributed by atoms with E-state index in [9.17, 15) is 13.5 Å². The molecule has 148 valence electrons. The maximum Gasteiger partial charge on any atom is 0.219 e. The molecular formula is C20H27NO5S. The smallest absolute Gasteiger partial charge is 0.219 e. The summed E-state index contributed by atoms with van der Waals surface area (Å²) < 4.78 is 37.9.